The Morgan fingerprint density at radius 1 is 1.03 bits per heavy atom. The Bertz CT molecular complexity index is 1170. The average Bonchev–Trinajstić information content (AvgIpc) is 2.78. The lowest BCUT2D eigenvalue weighted by molar-refractivity contribution is -0.123. The Labute approximate surface area is 214 Å². The Morgan fingerprint density at radius 2 is 1.82 bits per heavy atom. The van der Waals surface area contributed by atoms with E-state index < -0.39 is 5.91 Å². The van der Waals surface area contributed by atoms with Crippen molar-refractivity contribution in [3.8, 4) is 17.2 Å². The van der Waals surface area contributed by atoms with Crippen molar-refractivity contribution in [3.63, 3.8) is 0 Å². The third kappa shape index (κ3) is 7.27. The Morgan fingerprint density at radius 3 is 2.55 bits per heavy atom. The number of hydrogen-bond donors (Lipinski definition) is 1. The van der Waals surface area contributed by atoms with E-state index in [9.17, 15) is 4.79 Å². The summed E-state index contributed by atoms with van der Waals surface area (Å²) in [5.74, 6) is 0.904. The molecule has 0 saturated carbocycles. The van der Waals surface area contributed by atoms with E-state index in [1.54, 1.807) is 30.3 Å². The van der Waals surface area contributed by atoms with Crippen molar-refractivity contribution in [2.45, 2.75) is 6.61 Å². The van der Waals surface area contributed by atoms with Crippen molar-refractivity contribution >= 4 is 62.9 Å². The number of hydrazone groups is 1. The molecule has 6 nitrogen and oxygen atoms in total. The highest BCUT2D eigenvalue weighted by molar-refractivity contribution is 9.10. The van der Waals surface area contributed by atoms with Crippen LogP contribution in [0, 0.1) is 0 Å². The number of rotatable bonds is 9. The predicted molar refractivity (Wildman–Crippen MR) is 134 cm³/mol. The van der Waals surface area contributed by atoms with Crippen LogP contribution in [-0.4, -0.2) is 25.8 Å². The van der Waals surface area contributed by atoms with Crippen LogP contribution < -0.4 is 19.6 Å². The molecule has 0 aliphatic heterocycles. The van der Waals surface area contributed by atoms with Crippen LogP contribution in [0.2, 0.25) is 15.1 Å². The van der Waals surface area contributed by atoms with Crippen molar-refractivity contribution < 1.29 is 19.0 Å². The van der Waals surface area contributed by atoms with Crippen molar-refractivity contribution in [2.75, 3.05) is 13.7 Å². The molecule has 1 amide bonds. The number of nitrogens with zero attached hydrogens (tertiary/aromatic N) is 1. The summed E-state index contributed by atoms with van der Waals surface area (Å²) in [5, 5.41) is 5.36. The van der Waals surface area contributed by atoms with Crippen LogP contribution in [0.1, 0.15) is 11.1 Å². The van der Waals surface area contributed by atoms with E-state index in [1.807, 2.05) is 18.2 Å². The van der Waals surface area contributed by atoms with Gasteiger partial charge in [0.1, 0.15) is 12.4 Å². The molecule has 172 valence electrons. The quantitative estimate of drug-likeness (QED) is 0.234. The average molecular weight is 573 g/mol. The van der Waals surface area contributed by atoms with Crippen LogP contribution in [0.15, 0.2) is 64.2 Å². The molecule has 3 aromatic carbocycles. The first-order valence-electron chi connectivity index (χ1n) is 9.51. The minimum Gasteiger partial charge on any atom is -0.493 e. The molecule has 0 saturated heterocycles. The molecule has 1 N–H and O–H groups in total. The number of carbonyl (C=O) groups is 1. The largest absolute Gasteiger partial charge is 0.493 e. The van der Waals surface area contributed by atoms with Gasteiger partial charge in [-0.3, -0.25) is 4.79 Å². The zero-order valence-electron chi connectivity index (χ0n) is 17.3. The van der Waals surface area contributed by atoms with Crippen molar-refractivity contribution in [1.29, 1.82) is 0 Å². The lowest BCUT2D eigenvalue weighted by Gasteiger charge is -2.14. The highest BCUT2D eigenvalue weighted by Gasteiger charge is 2.12. The Kier molecular flexibility index (Phi) is 9.26. The van der Waals surface area contributed by atoms with E-state index in [4.69, 9.17) is 49.0 Å². The van der Waals surface area contributed by atoms with E-state index in [0.29, 0.717) is 42.4 Å². The Hall–Kier alpha value is -2.45. The van der Waals surface area contributed by atoms with Gasteiger partial charge in [-0.25, -0.2) is 5.43 Å². The topological polar surface area (TPSA) is 69.2 Å². The van der Waals surface area contributed by atoms with Gasteiger partial charge in [0.2, 0.25) is 0 Å². The van der Waals surface area contributed by atoms with Crippen LogP contribution in [0.3, 0.4) is 0 Å². The van der Waals surface area contributed by atoms with E-state index in [0.717, 1.165) is 5.56 Å². The third-order valence-electron chi connectivity index (χ3n) is 4.24. The molecule has 3 rings (SSSR count). The molecule has 0 bridgehead atoms. The summed E-state index contributed by atoms with van der Waals surface area (Å²) in [7, 11) is 1.53. The summed E-state index contributed by atoms with van der Waals surface area (Å²) < 4.78 is 17.4. The molecular weight excluding hydrogens is 555 g/mol. The van der Waals surface area contributed by atoms with E-state index in [2.05, 4.69) is 26.5 Å². The number of benzene rings is 3. The van der Waals surface area contributed by atoms with Crippen LogP contribution >= 0.6 is 50.7 Å². The first-order valence-corrected chi connectivity index (χ1v) is 11.4. The summed E-state index contributed by atoms with van der Waals surface area (Å²) in [6.07, 6.45) is 1.47. The minimum atomic E-state index is -0.456. The van der Waals surface area contributed by atoms with Crippen molar-refractivity contribution in [3.05, 3.63) is 85.3 Å². The van der Waals surface area contributed by atoms with Gasteiger partial charge >= 0.3 is 0 Å². The number of hydrogen-bond acceptors (Lipinski definition) is 5. The lowest BCUT2D eigenvalue weighted by Crippen LogP contribution is -2.24. The highest BCUT2D eigenvalue weighted by atomic mass is 79.9. The second-order valence-electron chi connectivity index (χ2n) is 6.57. The van der Waals surface area contributed by atoms with Crippen LogP contribution in [0.5, 0.6) is 17.2 Å². The van der Waals surface area contributed by atoms with Crippen LogP contribution in [-0.2, 0) is 11.4 Å². The van der Waals surface area contributed by atoms with Crippen LogP contribution in [0.4, 0.5) is 0 Å². The van der Waals surface area contributed by atoms with Gasteiger partial charge in [0.25, 0.3) is 5.91 Å². The number of ether oxygens (including phenoxy) is 3. The van der Waals surface area contributed by atoms with E-state index in [-0.39, 0.29) is 13.2 Å². The number of carbonyl (C=O) groups excluding carboxylic acids is 1. The molecule has 0 unspecified atom stereocenters. The molecule has 33 heavy (non-hydrogen) atoms. The molecule has 0 heterocycles. The highest BCUT2D eigenvalue weighted by Crippen LogP contribution is 2.37. The Balaban J connectivity index is 1.59. The normalized spacial score (nSPS) is 10.8. The van der Waals surface area contributed by atoms with Crippen LogP contribution in [0.25, 0.3) is 0 Å². The fraction of sp³-hybridized carbons (Fsp3) is 0.130. The maximum atomic E-state index is 12.0. The van der Waals surface area contributed by atoms with Gasteiger partial charge < -0.3 is 14.2 Å². The second-order valence-corrected chi connectivity index (χ2v) is 8.68. The van der Waals surface area contributed by atoms with Gasteiger partial charge in [0.15, 0.2) is 18.1 Å². The molecule has 3 aromatic rings. The zero-order chi connectivity index (χ0) is 23.8. The summed E-state index contributed by atoms with van der Waals surface area (Å²) in [6.45, 7) is 0.0102. The molecule has 0 aliphatic rings. The molecule has 0 atom stereocenters. The third-order valence-corrected chi connectivity index (χ3v) is 5.73. The maximum Gasteiger partial charge on any atom is 0.277 e. The summed E-state index contributed by atoms with van der Waals surface area (Å²) in [4.78, 5) is 12.0. The SMILES string of the molecule is COc1cc(/C=N/NC(=O)COc2ccc(Cl)cc2Cl)cc(Br)c1OCc1ccccc1Cl. The molecule has 0 spiro atoms. The molecular formula is C23H18BrCl3N2O4. The summed E-state index contributed by atoms with van der Waals surface area (Å²) in [5.41, 5.74) is 3.91. The number of amides is 1. The molecule has 0 radical (unpaired) electrons. The fourth-order valence-corrected chi connectivity index (χ4v) is 3.89. The van der Waals surface area contributed by atoms with E-state index in [1.165, 1.54) is 19.4 Å². The van der Waals surface area contributed by atoms with Gasteiger partial charge in [-0.2, -0.15) is 5.10 Å². The summed E-state index contributed by atoms with van der Waals surface area (Å²) >= 11 is 21.5. The van der Waals surface area contributed by atoms with Gasteiger partial charge in [0, 0.05) is 15.6 Å². The smallest absolute Gasteiger partial charge is 0.277 e. The summed E-state index contributed by atoms with van der Waals surface area (Å²) in [6, 6.07) is 15.7. The number of halogens is 4. The van der Waals surface area contributed by atoms with Gasteiger partial charge in [-0.05, 0) is 57.9 Å². The van der Waals surface area contributed by atoms with Crippen molar-refractivity contribution in [1.82, 2.24) is 5.43 Å². The first kappa shape index (κ1) is 25.2. The molecule has 10 heteroatoms. The van der Waals surface area contributed by atoms with Gasteiger partial charge in [-0.1, -0.05) is 53.0 Å². The second kappa shape index (κ2) is 12.1. The lowest BCUT2D eigenvalue weighted by atomic mass is 10.2. The first-order chi connectivity index (χ1) is 15.9. The minimum absolute atomic E-state index is 0.263. The van der Waals surface area contributed by atoms with Gasteiger partial charge in [0.05, 0.1) is 22.8 Å². The molecule has 0 aromatic heterocycles. The van der Waals surface area contributed by atoms with Gasteiger partial charge in [-0.15, -0.1) is 0 Å². The van der Waals surface area contributed by atoms with Crippen molar-refractivity contribution in [2.24, 2.45) is 5.10 Å². The molecule has 0 fully saturated rings. The predicted octanol–water partition coefficient (Wildman–Crippen LogP) is 6.53. The fourth-order valence-electron chi connectivity index (χ4n) is 2.67. The standard InChI is InChI=1S/C23H18BrCl3N2O4/c1-31-21-9-14(8-17(24)23(21)33-12-15-4-2-3-5-18(15)26)11-28-29-22(30)13-32-20-7-6-16(25)10-19(20)27/h2-11H,12-13H2,1H3,(H,29,30)/b28-11+. The number of methoxy groups -OCH3 is 1. The van der Waals surface area contributed by atoms with E-state index >= 15 is 0 Å². The zero-order valence-corrected chi connectivity index (χ0v) is 21.1. The monoisotopic (exact) mass is 570 g/mol. The number of nitrogens with one attached hydrogen (secondary N) is 1. The maximum absolute atomic E-state index is 12.0. The molecule has 0 aliphatic carbocycles.